The summed E-state index contributed by atoms with van der Waals surface area (Å²) in [6, 6.07) is 7.93. The van der Waals surface area contributed by atoms with Crippen LogP contribution in [0.25, 0.3) is 11.0 Å². The van der Waals surface area contributed by atoms with Crippen LogP contribution in [0.1, 0.15) is 16.2 Å². The fourth-order valence-electron chi connectivity index (χ4n) is 1.47. The lowest BCUT2D eigenvalue weighted by Gasteiger charge is -2.09. The van der Waals surface area contributed by atoms with Gasteiger partial charge in [-0.2, -0.15) is 0 Å². The zero-order valence-electron chi connectivity index (χ0n) is 8.24. The molecule has 2 nitrogen and oxygen atoms in total. The van der Waals surface area contributed by atoms with Crippen molar-refractivity contribution in [2.24, 2.45) is 0 Å². The Labute approximate surface area is 105 Å². The normalized spacial score (nSPS) is 13.0. The van der Waals surface area contributed by atoms with Gasteiger partial charge in [0.2, 0.25) is 0 Å². The van der Waals surface area contributed by atoms with E-state index in [1.54, 1.807) is 0 Å². The maximum atomic E-state index is 4.61. The molecule has 0 aliphatic rings. The van der Waals surface area contributed by atoms with Gasteiger partial charge in [-0.25, -0.2) is 9.97 Å². The van der Waals surface area contributed by atoms with Crippen molar-refractivity contribution < 1.29 is 0 Å². The van der Waals surface area contributed by atoms with Crippen LogP contribution >= 0.6 is 31.9 Å². The predicted molar refractivity (Wildman–Crippen MR) is 69.7 cm³/mol. The number of halogens is 2. The maximum absolute atomic E-state index is 4.61. The van der Waals surface area contributed by atoms with E-state index in [2.05, 4.69) is 41.8 Å². The van der Waals surface area contributed by atoms with Crippen LogP contribution in [-0.4, -0.2) is 15.3 Å². The molecule has 1 unspecified atom stereocenters. The van der Waals surface area contributed by atoms with Gasteiger partial charge in [0, 0.05) is 5.33 Å². The van der Waals surface area contributed by atoms with Crippen molar-refractivity contribution in [1.29, 1.82) is 0 Å². The number of alkyl halides is 2. The summed E-state index contributed by atoms with van der Waals surface area (Å²) in [7, 11) is 0. The highest BCUT2D eigenvalue weighted by atomic mass is 79.9. The molecule has 0 N–H and O–H groups in total. The Morgan fingerprint density at radius 3 is 2.40 bits per heavy atom. The average molecular weight is 330 g/mol. The van der Waals surface area contributed by atoms with Crippen LogP contribution in [0.4, 0.5) is 0 Å². The minimum absolute atomic E-state index is 0.217. The second-order valence-electron chi connectivity index (χ2n) is 3.30. The quantitative estimate of drug-likeness (QED) is 0.784. The summed E-state index contributed by atoms with van der Waals surface area (Å²) >= 11 is 7.01. The van der Waals surface area contributed by atoms with Crippen LogP contribution < -0.4 is 0 Å². The second kappa shape index (κ2) is 4.58. The SMILES string of the molecule is Cc1nc2ccccc2nc1C(Br)CBr. The lowest BCUT2D eigenvalue weighted by atomic mass is 10.2. The topological polar surface area (TPSA) is 25.8 Å². The van der Waals surface area contributed by atoms with Crippen molar-refractivity contribution in [2.45, 2.75) is 11.8 Å². The van der Waals surface area contributed by atoms with Crippen LogP contribution in [0.5, 0.6) is 0 Å². The van der Waals surface area contributed by atoms with Crippen LogP contribution in [0, 0.1) is 6.92 Å². The molecule has 0 aliphatic carbocycles. The molecule has 1 heterocycles. The number of aryl methyl sites for hydroxylation is 1. The van der Waals surface area contributed by atoms with Crippen LogP contribution in [-0.2, 0) is 0 Å². The van der Waals surface area contributed by atoms with E-state index in [1.165, 1.54) is 0 Å². The Kier molecular flexibility index (Phi) is 3.36. The molecule has 2 rings (SSSR count). The van der Waals surface area contributed by atoms with Crippen molar-refractivity contribution in [2.75, 3.05) is 5.33 Å². The standard InChI is InChI=1S/C11H10Br2N2/c1-7-11(8(13)6-12)15-10-5-3-2-4-9(10)14-7/h2-5,8H,6H2,1H3. The minimum atomic E-state index is 0.217. The van der Waals surface area contributed by atoms with E-state index < -0.39 is 0 Å². The summed E-state index contributed by atoms with van der Waals surface area (Å²) in [5.74, 6) is 0. The van der Waals surface area contributed by atoms with Crippen molar-refractivity contribution in [3.05, 3.63) is 35.7 Å². The van der Waals surface area contributed by atoms with Crippen LogP contribution in [0.2, 0.25) is 0 Å². The van der Waals surface area contributed by atoms with Gasteiger partial charge in [0.05, 0.1) is 27.2 Å². The monoisotopic (exact) mass is 328 g/mol. The summed E-state index contributed by atoms with van der Waals surface area (Å²) in [4.78, 5) is 9.35. The van der Waals surface area contributed by atoms with Crippen molar-refractivity contribution >= 4 is 42.9 Å². The van der Waals surface area contributed by atoms with E-state index >= 15 is 0 Å². The molecule has 0 bridgehead atoms. The number of hydrogen-bond donors (Lipinski definition) is 0. The molecule has 0 saturated carbocycles. The van der Waals surface area contributed by atoms with E-state index in [0.29, 0.717) is 0 Å². The third kappa shape index (κ3) is 2.21. The first-order chi connectivity index (χ1) is 7.22. The molecule has 1 atom stereocenters. The van der Waals surface area contributed by atoms with Gasteiger partial charge in [-0.15, -0.1) is 0 Å². The largest absolute Gasteiger partial charge is 0.250 e. The number of hydrogen-bond acceptors (Lipinski definition) is 2. The van der Waals surface area contributed by atoms with E-state index in [9.17, 15) is 0 Å². The van der Waals surface area contributed by atoms with Crippen molar-refractivity contribution in [3.8, 4) is 0 Å². The molecule has 2 aromatic rings. The Morgan fingerprint density at radius 1 is 1.20 bits per heavy atom. The molecule has 0 fully saturated rings. The molecule has 0 spiro atoms. The van der Waals surface area contributed by atoms with E-state index in [-0.39, 0.29) is 4.83 Å². The molecule has 4 heteroatoms. The molecular weight excluding hydrogens is 320 g/mol. The highest BCUT2D eigenvalue weighted by Crippen LogP contribution is 2.26. The molecular formula is C11H10Br2N2. The number of rotatable bonds is 2. The van der Waals surface area contributed by atoms with E-state index in [1.807, 2.05) is 31.2 Å². The highest BCUT2D eigenvalue weighted by Gasteiger charge is 2.12. The minimum Gasteiger partial charge on any atom is -0.250 e. The molecule has 78 valence electrons. The number of para-hydroxylation sites is 2. The van der Waals surface area contributed by atoms with Gasteiger partial charge in [0.15, 0.2) is 0 Å². The zero-order chi connectivity index (χ0) is 10.8. The number of aromatic nitrogens is 2. The number of fused-ring (bicyclic) bond motifs is 1. The van der Waals surface area contributed by atoms with Crippen LogP contribution in [0.15, 0.2) is 24.3 Å². The smallest absolute Gasteiger partial charge is 0.0890 e. The van der Waals surface area contributed by atoms with Crippen molar-refractivity contribution in [3.63, 3.8) is 0 Å². The second-order valence-corrected chi connectivity index (χ2v) is 5.06. The average Bonchev–Trinajstić information content (AvgIpc) is 2.27. The van der Waals surface area contributed by atoms with Crippen molar-refractivity contribution in [1.82, 2.24) is 9.97 Å². The van der Waals surface area contributed by atoms with Gasteiger partial charge < -0.3 is 0 Å². The van der Waals surface area contributed by atoms with Gasteiger partial charge in [-0.3, -0.25) is 0 Å². The molecule has 0 saturated heterocycles. The summed E-state index contributed by atoms with van der Waals surface area (Å²) in [5, 5.41) is 0.834. The van der Waals surface area contributed by atoms with Gasteiger partial charge >= 0.3 is 0 Å². The fraction of sp³-hybridized carbons (Fsp3) is 0.273. The molecule has 0 amide bonds. The maximum Gasteiger partial charge on any atom is 0.0890 e. The van der Waals surface area contributed by atoms with E-state index in [4.69, 9.17) is 0 Å². The Morgan fingerprint density at radius 2 is 1.80 bits per heavy atom. The lowest BCUT2D eigenvalue weighted by molar-refractivity contribution is 0.994. The van der Waals surface area contributed by atoms with Crippen LogP contribution in [0.3, 0.4) is 0 Å². The highest BCUT2D eigenvalue weighted by molar-refractivity contribution is 9.12. The summed E-state index contributed by atoms with van der Waals surface area (Å²) in [6.45, 7) is 1.99. The van der Waals surface area contributed by atoms with E-state index in [0.717, 1.165) is 27.8 Å². The third-order valence-electron chi connectivity index (χ3n) is 2.21. The third-order valence-corrected chi connectivity index (χ3v) is 4.49. The first-order valence-corrected chi connectivity index (χ1v) is 6.69. The fourth-order valence-corrected chi connectivity index (χ4v) is 2.21. The van der Waals surface area contributed by atoms with Gasteiger partial charge in [-0.05, 0) is 19.1 Å². The Hall–Kier alpha value is -0.480. The number of nitrogens with zero attached hydrogens (tertiary/aromatic N) is 2. The summed E-state index contributed by atoms with van der Waals surface area (Å²) in [5.41, 5.74) is 3.89. The first kappa shape index (κ1) is 11.0. The molecule has 1 aromatic carbocycles. The van der Waals surface area contributed by atoms with Gasteiger partial charge in [-0.1, -0.05) is 44.0 Å². The summed E-state index contributed by atoms with van der Waals surface area (Å²) in [6.07, 6.45) is 0. The molecule has 1 aromatic heterocycles. The first-order valence-electron chi connectivity index (χ1n) is 4.65. The Bertz CT molecular complexity index is 485. The Balaban J connectivity index is 2.61. The zero-order valence-corrected chi connectivity index (χ0v) is 11.4. The van der Waals surface area contributed by atoms with Gasteiger partial charge in [0.1, 0.15) is 0 Å². The molecule has 0 aliphatic heterocycles. The predicted octanol–water partition coefficient (Wildman–Crippen LogP) is 3.77. The lowest BCUT2D eigenvalue weighted by Crippen LogP contribution is -2.01. The van der Waals surface area contributed by atoms with Gasteiger partial charge in [0.25, 0.3) is 0 Å². The molecule has 15 heavy (non-hydrogen) atoms. The summed E-state index contributed by atoms with van der Waals surface area (Å²) < 4.78 is 0. The number of benzene rings is 1. The molecule has 0 radical (unpaired) electrons.